The van der Waals surface area contributed by atoms with Gasteiger partial charge in [-0.05, 0) is 64.0 Å². The maximum Gasteiger partial charge on any atom is 0.0691 e. The smallest absolute Gasteiger partial charge is 0.0691 e. The van der Waals surface area contributed by atoms with E-state index in [0.717, 1.165) is 31.4 Å². The molecule has 0 aliphatic carbocycles. The van der Waals surface area contributed by atoms with E-state index in [1.807, 2.05) is 0 Å². The lowest BCUT2D eigenvalue weighted by Crippen LogP contribution is -2.48. The van der Waals surface area contributed by atoms with Crippen LogP contribution < -0.4 is 10.7 Å². The zero-order chi connectivity index (χ0) is 21.6. The molecule has 0 bridgehead atoms. The topological polar surface area (TPSA) is 56.7 Å². The summed E-state index contributed by atoms with van der Waals surface area (Å²) in [7, 11) is 0. The molecule has 170 valence electrons. The van der Waals surface area contributed by atoms with Gasteiger partial charge in [0.05, 0.1) is 11.8 Å². The van der Waals surface area contributed by atoms with Gasteiger partial charge in [0.1, 0.15) is 0 Å². The fraction of sp³-hybridized carbons (Fsp3) is 0.731. The zero-order valence-electron chi connectivity index (χ0n) is 19.6. The lowest BCUT2D eigenvalue weighted by molar-refractivity contribution is 0.0849. The number of piperidine rings is 1. The van der Waals surface area contributed by atoms with Crippen molar-refractivity contribution in [2.24, 2.45) is 5.10 Å². The van der Waals surface area contributed by atoms with Crippen LogP contribution >= 0.6 is 0 Å². The predicted molar refractivity (Wildman–Crippen MR) is 130 cm³/mol. The van der Waals surface area contributed by atoms with Crippen molar-refractivity contribution < 1.29 is 5.11 Å². The maximum atomic E-state index is 9.78. The Labute approximate surface area is 184 Å². The summed E-state index contributed by atoms with van der Waals surface area (Å²) >= 11 is 0. The number of hydrogen-bond acceptors (Lipinski definition) is 4. The lowest BCUT2D eigenvalue weighted by atomic mass is 9.93. The van der Waals surface area contributed by atoms with Gasteiger partial charge in [0.15, 0.2) is 0 Å². The Morgan fingerprint density at radius 1 is 1.03 bits per heavy atom. The third kappa shape index (κ3) is 9.61. The molecule has 1 fully saturated rings. The number of rotatable bonds is 14. The van der Waals surface area contributed by atoms with E-state index in [2.05, 4.69) is 60.9 Å². The second kappa shape index (κ2) is 14.6. The Hall–Kier alpha value is -1.39. The molecule has 30 heavy (non-hydrogen) atoms. The normalized spacial score (nSPS) is 22.3. The first-order valence-corrected chi connectivity index (χ1v) is 12.4. The maximum absolute atomic E-state index is 9.78. The molecule has 1 aliphatic heterocycles. The van der Waals surface area contributed by atoms with Gasteiger partial charge in [0, 0.05) is 17.8 Å². The van der Waals surface area contributed by atoms with Crippen molar-refractivity contribution >= 4 is 11.4 Å². The predicted octanol–water partition coefficient (Wildman–Crippen LogP) is 6.44. The number of anilines is 1. The van der Waals surface area contributed by atoms with Gasteiger partial charge in [0.25, 0.3) is 0 Å². The molecule has 1 aromatic carbocycles. The van der Waals surface area contributed by atoms with Gasteiger partial charge < -0.3 is 10.4 Å². The Bertz CT molecular complexity index is 616. The molecule has 0 spiro atoms. The summed E-state index contributed by atoms with van der Waals surface area (Å²) < 4.78 is 0. The van der Waals surface area contributed by atoms with Crippen LogP contribution in [0.3, 0.4) is 0 Å². The molecule has 0 aromatic heterocycles. The molecule has 1 aromatic rings. The van der Waals surface area contributed by atoms with Crippen LogP contribution in [0.2, 0.25) is 0 Å². The van der Waals surface area contributed by atoms with Gasteiger partial charge in [0.2, 0.25) is 0 Å². The molecule has 1 saturated heterocycles. The van der Waals surface area contributed by atoms with E-state index >= 15 is 0 Å². The second-order valence-electron chi connectivity index (χ2n) is 9.13. The highest BCUT2D eigenvalue weighted by atomic mass is 16.3. The first-order chi connectivity index (χ1) is 14.6. The minimum atomic E-state index is -0.148. The first-order valence-electron chi connectivity index (χ1n) is 12.4. The van der Waals surface area contributed by atoms with Crippen molar-refractivity contribution in [3.05, 3.63) is 29.8 Å². The van der Waals surface area contributed by atoms with Crippen LogP contribution in [-0.4, -0.2) is 29.0 Å². The molecule has 4 nitrogen and oxygen atoms in total. The Morgan fingerprint density at radius 2 is 1.70 bits per heavy atom. The van der Waals surface area contributed by atoms with E-state index in [4.69, 9.17) is 0 Å². The summed E-state index contributed by atoms with van der Waals surface area (Å²) in [5, 5.41) is 17.9. The standard InChI is InChI=1S/C26H45N3O/c1-4-23-16-13-14-18-25(23)29-28-21(2)15-11-9-7-5-6-8-10-12-17-24-19-20-26(30)22(3)27-24/h13-14,16,18,22,24,26-27,29-30H,4-12,15,17,19-20H2,1-3H3/b28-21-/t22-,24+,26-/m1/s1. The van der Waals surface area contributed by atoms with E-state index in [1.165, 1.54) is 69.1 Å². The van der Waals surface area contributed by atoms with Crippen LogP contribution in [0, 0.1) is 0 Å². The molecule has 1 aliphatic rings. The molecule has 1 heterocycles. The van der Waals surface area contributed by atoms with Gasteiger partial charge in [-0.3, -0.25) is 5.43 Å². The van der Waals surface area contributed by atoms with E-state index < -0.39 is 0 Å². The average Bonchev–Trinajstić information content (AvgIpc) is 2.76. The zero-order valence-corrected chi connectivity index (χ0v) is 19.6. The number of nitrogens with one attached hydrogen (secondary N) is 2. The highest BCUT2D eigenvalue weighted by Crippen LogP contribution is 2.19. The van der Waals surface area contributed by atoms with E-state index in [-0.39, 0.29) is 12.1 Å². The van der Waals surface area contributed by atoms with Crippen LogP contribution in [0.5, 0.6) is 0 Å². The second-order valence-corrected chi connectivity index (χ2v) is 9.13. The summed E-state index contributed by atoms with van der Waals surface area (Å²) in [5.41, 5.74) is 6.88. The summed E-state index contributed by atoms with van der Waals surface area (Å²) in [5.74, 6) is 0. The minimum absolute atomic E-state index is 0.148. The summed E-state index contributed by atoms with van der Waals surface area (Å²) in [6.07, 6.45) is 16.0. The monoisotopic (exact) mass is 415 g/mol. The van der Waals surface area contributed by atoms with Crippen LogP contribution in [0.25, 0.3) is 0 Å². The van der Waals surface area contributed by atoms with E-state index in [9.17, 15) is 5.11 Å². The van der Waals surface area contributed by atoms with Gasteiger partial charge in [-0.1, -0.05) is 70.1 Å². The number of aliphatic hydroxyl groups is 1. The molecular weight excluding hydrogens is 370 g/mol. The quantitative estimate of drug-likeness (QED) is 0.186. The number of unbranched alkanes of at least 4 members (excludes halogenated alkanes) is 7. The molecule has 0 radical (unpaired) electrons. The molecule has 3 N–H and O–H groups in total. The lowest BCUT2D eigenvalue weighted by Gasteiger charge is -2.32. The molecule has 0 amide bonds. The van der Waals surface area contributed by atoms with Crippen molar-refractivity contribution in [3.8, 4) is 0 Å². The van der Waals surface area contributed by atoms with Crippen LogP contribution in [0.4, 0.5) is 5.69 Å². The molecule has 0 unspecified atom stereocenters. The van der Waals surface area contributed by atoms with Gasteiger partial charge in [-0.15, -0.1) is 0 Å². The number of aliphatic hydroxyl groups excluding tert-OH is 1. The molecule has 4 heteroatoms. The molecular formula is C26H45N3O. The SMILES string of the molecule is CCc1ccccc1N/N=C(/C)CCCCCCCCCC[C@H]1CC[C@@H](O)[C@@H](C)N1. The highest BCUT2D eigenvalue weighted by molar-refractivity contribution is 5.82. The summed E-state index contributed by atoms with van der Waals surface area (Å²) in [4.78, 5) is 0. The van der Waals surface area contributed by atoms with Crippen LogP contribution in [0.15, 0.2) is 29.4 Å². The Morgan fingerprint density at radius 3 is 2.40 bits per heavy atom. The minimum Gasteiger partial charge on any atom is -0.392 e. The van der Waals surface area contributed by atoms with Crippen molar-refractivity contribution in [1.29, 1.82) is 0 Å². The molecule has 2 rings (SSSR count). The number of benzene rings is 1. The highest BCUT2D eigenvalue weighted by Gasteiger charge is 2.24. The van der Waals surface area contributed by atoms with Crippen molar-refractivity contribution in [1.82, 2.24) is 5.32 Å². The fourth-order valence-electron chi connectivity index (χ4n) is 4.40. The molecule has 0 saturated carbocycles. The number of nitrogens with zero attached hydrogens (tertiary/aromatic N) is 1. The Balaban J connectivity index is 1.42. The fourth-order valence-corrected chi connectivity index (χ4v) is 4.40. The van der Waals surface area contributed by atoms with Crippen LogP contribution in [-0.2, 0) is 6.42 Å². The van der Waals surface area contributed by atoms with Gasteiger partial charge >= 0.3 is 0 Å². The van der Waals surface area contributed by atoms with Gasteiger partial charge in [-0.2, -0.15) is 5.10 Å². The Kier molecular flexibility index (Phi) is 12.1. The van der Waals surface area contributed by atoms with Crippen molar-refractivity contribution in [3.63, 3.8) is 0 Å². The summed E-state index contributed by atoms with van der Waals surface area (Å²) in [6.45, 7) is 6.41. The van der Waals surface area contributed by atoms with Gasteiger partial charge in [-0.25, -0.2) is 0 Å². The molecule has 3 atom stereocenters. The van der Waals surface area contributed by atoms with Crippen molar-refractivity contribution in [2.45, 2.75) is 122 Å². The average molecular weight is 416 g/mol. The van der Waals surface area contributed by atoms with Crippen LogP contribution in [0.1, 0.15) is 103 Å². The number of hydrogen-bond donors (Lipinski definition) is 3. The largest absolute Gasteiger partial charge is 0.392 e. The first kappa shape index (κ1) is 24.9. The van der Waals surface area contributed by atoms with Crippen molar-refractivity contribution in [2.75, 3.05) is 5.43 Å². The number of para-hydroxylation sites is 1. The number of aryl methyl sites for hydroxylation is 1. The van der Waals surface area contributed by atoms with E-state index in [0.29, 0.717) is 6.04 Å². The number of hydrazone groups is 1. The van der Waals surface area contributed by atoms with E-state index in [1.54, 1.807) is 0 Å². The third-order valence-corrected chi connectivity index (χ3v) is 6.49. The summed E-state index contributed by atoms with van der Waals surface area (Å²) in [6, 6.07) is 9.29. The third-order valence-electron chi connectivity index (χ3n) is 6.49.